The Bertz CT molecular complexity index is 1200. The van der Waals surface area contributed by atoms with Crippen LogP contribution < -0.4 is 10.6 Å². The Morgan fingerprint density at radius 3 is 2.16 bits per heavy atom. The van der Waals surface area contributed by atoms with E-state index in [0.717, 1.165) is 22.6 Å². The zero-order valence-corrected chi connectivity index (χ0v) is 17.4. The fourth-order valence-electron chi connectivity index (χ4n) is 3.26. The van der Waals surface area contributed by atoms with Crippen molar-refractivity contribution >= 4 is 29.3 Å². The second-order valence-corrected chi connectivity index (χ2v) is 7.02. The molecule has 0 spiro atoms. The predicted octanol–water partition coefficient (Wildman–Crippen LogP) is 4.74. The van der Waals surface area contributed by atoms with Crippen LogP contribution in [0.1, 0.15) is 23.9 Å². The van der Waals surface area contributed by atoms with Crippen molar-refractivity contribution in [2.75, 3.05) is 10.6 Å². The first-order valence-electron chi connectivity index (χ1n) is 9.54. The smallest absolute Gasteiger partial charge is 0.266 e. The van der Waals surface area contributed by atoms with Gasteiger partial charge in [0.2, 0.25) is 5.91 Å². The Hall–Kier alpha value is -4.18. The number of nitrogens with one attached hydrogen (secondary N) is 2. The van der Waals surface area contributed by atoms with E-state index in [4.69, 9.17) is 0 Å². The minimum Gasteiger partial charge on any atom is -0.326 e. The molecule has 1 aromatic heterocycles. The molecule has 3 rings (SSSR count). The van der Waals surface area contributed by atoms with Gasteiger partial charge in [-0.3, -0.25) is 9.59 Å². The SMILES string of the molecule is CC(=O)Nc1ccc(-n2c(C)cc(/C=C(\C#N)C(=O)Nc3ccc(F)cc3)c2C)cc1. The molecule has 0 fully saturated rings. The van der Waals surface area contributed by atoms with Gasteiger partial charge < -0.3 is 15.2 Å². The summed E-state index contributed by atoms with van der Waals surface area (Å²) < 4.78 is 15.0. The molecular weight excluding hydrogens is 395 g/mol. The third-order valence-corrected chi connectivity index (χ3v) is 4.68. The summed E-state index contributed by atoms with van der Waals surface area (Å²) >= 11 is 0. The first-order valence-corrected chi connectivity index (χ1v) is 9.54. The first kappa shape index (κ1) is 21.5. The van der Waals surface area contributed by atoms with E-state index in [9.17, 15) is 19.2 Å². The lowest BCUT2D eigenvalue weighted by Crippen LogP contribution is -2.13. The number of benzene rings is 2. The highest BCUT2D eigenvalue weighted by atomic mass is 19.1. The van der Waals surface area contributed by atoms with Gasteiger partial charge in [-0.2, -0.15) is 5.26 Å². The fraction of sp³-hybridized carbons (Fsp3) is 0.125. The van der Waals surface area contributed by atoms with Crippen LogP contribution in [0.25, 0.3) is 11.8 Å². The number of rotatable bonds is 5. The lowest BCUT2D eigenvalue weighted by molar-refractivity contribution is -0.114. The molecule has 0 saturated heterocycles. The summed E-state index contributed by atoms with van der Waals surface area (Å²) in [6, 6.07) is 16.5. The lowest BCUT2D eigenvalue weighted by atomic mass is 10.1. The van der Waals surface area contributed by atoms with E-state index >= 15 is 0 Å². The van der Waals surface area contributed by atoms with Crippen molar-refractivity contribution in [2.45, 2.75) is 20.8 Å². The third-order valence-electron chi connectivity index (χ3n) is 4.68. The maximum Gasteiger partial charge on any atom is 0.266 e. The van der Waals surface area contributed by atoms with Crippen LogP contribution in [-0.2, 0) is 9.59 Å². The van der Waals surface area contributed by atoms with Crippen molar-refractivity contribution in [1.82, 2.24) is 4.57 Å². The molecule has 0 aliphatic carbocycles. The number of halogens is 1. The molecule has 0 atom stereocenters. The summed E-state index contributed by atoms with van der Waals surface area (Å²) in [5.74, 6) is -1.12. The number of aromatic nitrogens is 1. The zero-order chi connectivity index (χ0) is 22.5. The van der Waals surface area contributed by atoms with E-state index in [1.165, 1.54) is 37.3 Å². The molecule has 1 heterocycles. The van der Waals surface area contributed by atoms with Crippen LogP contribution in [0.15, 0.2) is 60.2 Å². The second kappa shape index (κ2) is 9.09. The van der Waals surface area contributed by atoms with Crippen LogP contribution in [0.2, 0.25) is 0 Å². The molecule has 31 heavy (non-hydrogen) atoms. The molecule has 2 amide bonds. The van der Waals surface area contributed by atoms with E-state index < -0.39 is 11.7 Å². The highest BCUT2D eigenvalue weighted by Gasteiger charge is 2.14. The molecule has 0 radical (unpaired) electrons. The minimum absolute atomic E-state index is 0.0643. The van der Waals surface area contributed by atoms with Crippen molar-refractivity contribution in [3.05, 3.63) is 82.9 Å². The largest absolute Gasteiger partial charge is 0.326 e. The zero-order valence-electron chi connectivity index (χ0n) is 17.4. The molecule has 2 aromatic carbocycles. The van der Waals surface area contributed by atoms with Gasteiger partial charge in [0.1, 0.15) is 17.5 Å². The highest BCUT2D eigenvalue weighted by molar-refractivity contribution is 6.09. The molecule has 2 N–H and O–H groups in total. The lowest BCUT2D eigenvalue weighted by Gasteiger charge is -2.11. The van der Waals surface area contributed by atoms with Crippen molar-refractivity contribution < 1.29 is 14.0 Å². The first-order chi connectivity index (χ1) is 14.8. The predicted molar refractivity (Wildman–Crippen MR) is 118 cm³/mol. The molecule has 0 saturated carbocycles. The highest BCUT2D eigenvalue weighted by Crippen LogP contribution is 2.24. The van der Waals surface area contributed by atoms with Crippen LogP contribution in [0.4, 0.5) is 15.8 Å². The summed E-state index contributed by atoms with van der Waals surface area (Å²) in [4.78, 5) is 23.7. The van der Waals surface area contributed by atoms with E-state index in [2.05, 4.69) is 10.6 Å². The van der Waals surface area contributed by atoms with Gasteiger partial charge in [-0.15, -0.1) is 0 Å². The topological polar surface area (TPSA) is 86.9 Å². The normalized spacial score (nSPS) is 11.0. The Labute approximate surface area is 179 Å². The number of hydrogen-bond acceptors (Lipinski definition) is 3. The summed E-state index contributed by atoms with van der Waals surface area (Å²) in [5.41, 5.74) is 4.43. The summed E-state index contributed by atoms with van der Waals surface area (Å²) in [5, 5.41) is 14.8. The van der Waals surface area contributed by atoms with E-state index in [0.29, 0.717) is 11.4 Å². The third kappa shape index (κ3) is 5.06. The molecule has 0 unspecified atom stereocenters. The molecule has 7 heteroatoms. The second-order valence-electron chi connectivity index (χ2n) is 7.02. The van der Waals surface area contributed by atoms with Gasteiger partial charge >= 0.3 is 0 Å². The van der Waals surface area contributed by atoms with Crippen LogP contribution in [0.3, 0.4) is 0 Å². The van der Waals surface area contributed by atoms with E-state index in [-0.39, 0.29) is 11.5 Å². The summed E-state index contributed by atoms with van der Waals surface area (Å²) in [6.07, 6.45) is 1.53. The fourth-order valence-corrected chi connectivity index (χ4v) is 3.26. The number of amides is 2. The van der Waals surface area contributed by atoms with Gasteiger partial charge in [-0.05, 0) is 80.1 Å². The maximum atomic E-state index is 13.0. The average molecular weight is 416 g/mol. The van der Waals surface area contributed by atoms with Crippen molar-refractivity contribution in [3.63, 3.8) is 0 Å². The number of nitrogens with zero attached hydrogens (tertiary/aromatic N) is 2. The Morgan fingerprint density at radius 2 is 1.58 bits per heavy atom. The molecule has 0 aliphatic rings. The molecule has 6 nitrogen and oxygen atoms in total. The van der Waals surface area contributed by atoms with E-state index in [1.807, 2.05) is 54.8 Å². The van der Waals surface area contributed by atoms with Gasteiger partial charge in [0, 0.05) is 35.4 Å². The van der Waals surface area contributed by atoms with Gasteiger partial charge in [0.25, 0.3) is 5.91 Å². The van der Waals surface area contributed by atoms with Gasteiger partial charge in [-0.1, -0.05) is 0 Å². The van der Waals surface area contributed by atoms with Crippen LogP contribution >= 0.6 is 0 Å². The summed E-state index contributed by atoms with van der Waals surface area (Å²) in [7, 11) is 0. The minimum atomic E-state index is -0.571. The molecule has 3 aromatic rings. The van der Waals surface area contributed by atoms with Crippen molar-refractivity contribution in [3.8, 4) is 11.8 Å². The number of carbonyl (C=O) groups is 2. The van der Waals surface area contributed by atoms with Crippen LogP contribution in [0.5, 0.6) is 0 Å². The molecule has 0 aliphatic heterocycles. The van der Waals surface area contributed by atoms with Gasteiger partial charge in [0.05, 0.1) is 0 Å². The quantitative estimate of drug-likeness (QED) is 0.465. The van der Waals surface area contributed by atoms with Crippen LogP contribution in [0, 0.1) is 31.0 Å². The van der Waals surface area contributed by atoms with Crippen molar-refractivity contribution in [1.29, 1.82) is 5.26 Å². The van der Waals surface area contributed by atoms with E-state index in [1.54, 1.807) is 0 Å². The number of aryl methyl sites for hydroxylation is 1. The summed E-state index contributed by atoms with van der Waals surface area (Å²) in [6.45, 7) is 5.27. The number of hydrogen-bond donors (Lipinski definition) is 2. The Balaban J connectivity index is 1.88. The average Bonchev–Trinajstić information content (AvgIpc) is 3.01. The van der Waals surface area contributed by atoms with Gasteiger partial charge in [0.15, 0.2) is 0 Å². The number of nitriles is 1. The molecule has 156 valence electrons. The molecule has 0 bridgehead atoms. The number of carbonyl (C=O) groups excluding carboxylic acids is 2. The van der Waals surface area contributed by atoms with Crippen molar-refractivity contribution in [2.24, 2.45) is 0 Å². The standard InChI is InChI=1S/C24H21FN4O2/c1-15-12-18(13-19(14-26)24(31)28-22-6-4-20(25)5-7-22)16(2)29(15)23-10-8-21(9-11-23)27-17(3)30/h4-13H,1-3H3,(H,27,30)(H,28,31)/b19-13+. The van der Waals surface area contributed by atoms with Gasteiger partial charge in [-0.25, -0.2) is 4.39 Å². The Kier molecular flexibility index (Phi) is 6.32. The molecular formula is C24H21FN4O2. The Morgan fingerprint density at radius 1 is 1.00 bits per heavy atom. The number of anilines is 2. The maximum absolute atomic E-state index is 13.0. The van der Waals surface area contributed by atoms with Crippen LogP contribution in [-0.4, -0.2) is 16.4 Å². The monoisotopic (exact) mass is 416 g/mol.